The third-order valence-corrected chi connectivity index (χ3v) is 4.33. The molecule has 84 valence electrons. The average molecular weight is 237 g/mol. The molecule has 0 amide bonds. The van der Waals surface area contributed by atoms with Crippen LogP contribution in [0, 0.1) is 0 Å². The summed E-state index contributed by atoms with van der Waals surface area (Å²) in [6.45, 7) is 3.53. The molecular weight excluding hydrogens is 226 g/mol. The van der Waals surface area contributed by atoms with Crippen molar-refractivity contribution in [2.75, 3.05) is 13.1 Å². The Balaban J connectivity index is 2.61. The zero-order valence-electron chi connectivity index (χ0n) is 8.59. The van der Waals surface area contributed by atoms with Crippen molar-refractivity contribution in [1.29, 1.82) is 0 Å². The van der Waals surface area contributed by atoms with Gasteiger partial charge in [-0.05, 0) is 12.1 Å². The lowest BCUT2D eigenvalue weighted by atomic mass is 10.1. The first-order valence-electron chi connectivity index (χ1n) is 4.80. The fourth-order valence-electron chi connectivity index (χ4n) is 1.70. The standard InChI is InChI=1S/C11H11NO3S/c1-2-7-12-8-10(13)9-5-3-4-6-11(9)16(12,14)15/h2-6H,1,7-8H2. The Labute approximate surface area is 94.2 Å². The molecule has 16 heavy (non-hydrogen) atoms. The summed E-state index contributed by atoms with van der Waals surface area (Å²) in [6, 6.07) is 6.27. The normalized spacial score (nSPS) is 19.1. The maximum absolute atomic E-state index is 12.1. The van der Waals surface area contributed by atoms with Gasteiger partial charge < -0.3 is 0 Å². The largest absolute Gasteiger partial charge is 0.293 e. The number of sulfonamides is 1. The molecule has 0 atom stereocenters. The number of hydrogen-bond donors (Lipinski definition) is 0. The Morgan fingerprint density at radius 3 is 2.75 bits per heavy atom. The van der Waals surface area contributed by atoms with Gasteiger partial charge in [0.05, 0.1) is 11.4 Å². The second kappa shape index (κ2) is 3.84. The van der Waals surface area contributed by atoms with Gasteiger partial charge in [-0.2, -0.15) is 4.31 Å². The molecule has 0 bridgehead atoms. The summed E-state index contributed by atoms with van der Waals surface area (Å²) in [7, 11) is -3.54. The Morgan fingerprint density at radius 1 is 1.38 bits per heavy atom. The molecule has 0 radical (unpaired) electrons. The summed E-state index contributed by atoms with van der Waals surface area (Å²) < 4.78 is 25.3. The van der Waals surface area contributed by atoms with Crippen molar-refractivity contribution in [3.05, 3.63) is 42.5 Å². The third kappa shape index (κ3) is 1.58. The molecule has 1 heterocycles. The Kier molecular flexibility index (Phi) is 2.65. The van der Waals surface area contributed by atoms with Crippen molar-refractivity contribution in [2.24, 2.45) is 0 Å². The molecule has 1 aliphatic rings. The van der Waals surface area contributed by atoms with Crippen LogP contribution in [0.25, 0.3) is 0 Å². The average Bonchev–Trinajstić information content (AvgIpc) is 2.27. The van der Waals surface area contributed by atoms with Crippen LogP contribution in [0.1, 0.15) is 10.4 Å². The molecule has 2 rings (SSSR count). The number of carbonyl (C=O) groups excluding carboxylic acids is 1. The SMILES string of the molecule is C=CCN1CC(=O)c2ccccc2S1(=O)=O. The summed E-state index contributed by atoms with van der Waals surface area (Å²) in [5, 5.41) is 0. The second-order valence-electron chi connectivity index (χ2n) is 3.51. The number of hydrogen-bond acceptors (Lipinski definition) is 3. The van der Waals surface area contributed by atoms with Crippen LogP contribution in [0.4, 0.5) is 0 Å². The van der Waals surface area contributed by atoms with Crippen LogP contribution in [-0.4, -0.2) is 31.6 Å². The van der Waals surface area contributed by atoms with E-state index in [4.69, 9.17) is 0 Å². The highest BCUT2D eigenvalue weighted by molar-refractivity contribution is 7.89. The van der Waals surface area contributed by atoms with Gasteiger partial charge in [-0.25, -0.2) is 8.42 Å². The minimum Gasteiger partial charge on any atom is -0.293 e. The number of fused-ring (bicyclic) bond motifs is 1. The van der Waals surface area contributed by atoms with E-state index in [1.165, 1.54) is 12.1 Å². The van der Waals surface area contributed by atoms with Gasteiger partial charge in [0.2, 0.25) is 10.0 Å². The van der Waals surface area contributed by atoms with Crippen LogP contribution in [0.5, 0.6) is 0 Å². The molecule has 0 aliphatic carbocycles. The van der Waals surface area contributed by atoms with E-state index in [1.807, 2.05) is 0 Å². The molecule has 0 saturated heterocycles. The van der Waals surface area contributed by atoms with Crippen molar-refractivity contribution in [2.45, 2.75) is 4.90 Å². The van der Waals surface area contributed by atoms with Crippen molar-refractivity contribution in [3.63, 3.8) is 0 Å². The van der Waals surface area contributed by atoms with Gasteiger partial charge in [-0.3, -0.25) is 4.79 Å². The quantitative estimate of drug-likeness (QED) is 0.723. The summed E-state index contributed by atoms with van der Waals surface area (Å²) in [4.78, 5) is 11.8. The molecular formula is C11H11NO3S. The van der Waals surface area contributed by atoms with E-state index in [-0.39, 0.29) is 29.3 Å². The number of nitrogens with zero attached hydrogens (tertiary/aromatic N) is 1. The van der Waals surface area contributed by atoms with Gasteiger partial charge in [0.1, 0.15) is 0 Å². The van der Waals surface area contributed by atoms with E-state index < -0.39 is 10.0 Å². The highest BCUT2D eigenvalue weighted by Crippen LogP contribution is 2.25. The topological polar surface area (TPSA) is 54.5 Å². The lowest BCUT2D eigenvalue weighted by Gasteiger charge is -2.25. The first-order valence-corrected chi connectivity index (χ1v) is 6.24. The van der Waals surface area contributed by atoms with Crippen LogP contribution in [-0.2, 0) is 10.0 Å². The van der Waals surface area contributed by atoms with Crippen LogP contribution >= 0.6 is 0 Å². The molecule has 0 fully saturated rings. The molecule has 4 nitrogen and oxygen atoms in total. The zero-order chi connectivity index (χ0) is 11.8. The maximum Gasteiger partial charge on any atom is 0.244 e. The number of carbonyl (C=O) groups is 1. The van der Waals surface area contributed by atoms with E-state index in [0.29, 0.717) is 0 Å². The van der Waals surface area contributed by atoms with E-state index in [0.717, 1.165) is 4.31 Å². The molecule has 1 aromatic carbocycles. The lowest BCUT2D eigenvalue weighted by molar-refractivity contribution is 0.0959. The van der Waals surface area contributed by atoms with E-state index in [9.17, 15) is 13.2 Å². The minimum absolute atomic E-state index is 0.0908. The molecule has 0 unspecified atom stereocenters. The maximum atomic E-state index is 12.1. The highest BCUT2D eigenvalue weighted by Gasteiger charge is 2.34. The van der Waals surface area contributed by atoms with Crippen LogP contribution in [0.3, 0.4) is 0 Å². The molecule has 1 aromatic rings. The minimum atomic E-state index is -3.54. The van der Waals surface area contributed by atoms with E-state index >= 15 is 0 Å². The first-order chi connectivity index (χ1) is 7.57. The Morgan fingerprint density at radius 2 is 2.06 bits per heavy atom. The third-order valence-electron chi connectivity index (χ3n) is 2.46. The summed E-state index contributed by atoms with van der Waals surface area (Å²) in [6.07, 6.45) is 1.47. The summed E-state index contributed by atoms with van der Waals surface area (Å²) in [5.41, 5.74) is 0.280. The van der Waals surface area contributed by atoms with Crippen molar-refractivity contribution in [3.8, 4) is 0 Å². The fraction of sp³-hybridized carbons (Fsp3) is 0.182. The van der Waals surface area contributed by atoms with Gasteiger partial charge in [-0.1, -0.05) is 18.2 Å². The van der Waals surface area contributed by atoms with Crippen LogP contribution in [0.2, 0.25) is 0 Å². The van der Waals surface area contributed by atoms with Gasteiger partial charge in [0, 0.05) is 12.1 Å². The second-order valence-corrected chi connectivity index (χ2v) is 5.41. The lowest BCUT2D eigenvalue weighted by Crippen LogP contribution is -2.40. The van der Waals surface area contributed by atoms with Crippen molar-refractivity contribution < 1.29 is 13.2 Å². The number of ketones is 1. The van der Waals surface area contributed by atoms with Crippen molar-refractivity contribution >= 4 is 15.8 Å². The number of benzene rings is 1. The van der Waals surface area contributed by atoms with Gasteiger partial charge in [0.15, 0.2) is 5.78 Å². The van der Waals surface area contributed by atoms with Crippen molar-refractivity contribution in [1.82, 2.24) is 4.31 Å². The smallest absolute Gasteiger partial charge is 0.244 e. The molecule has 0 saturated carbocycles. The van der Waals surface area contributed by atoms with Crippen LogP contribution < -0.4 is 0 Å². The summed E-state index contributed by atoms with van der Waals surface area (Å²) >= 11 is 0. The number of rotatable bonds is 2. The summed E-state index contributed by atoms with van der Waals surface area (Å²) in [5.74, 6) is -0.174. The molecule has 0 spiro atoms. The van der Waals surface area contributed by atoms with Gasteiger partial charge in [0.25, 0.3) is 0 Å². The molecule has 0 aromatic heterocycles. The number of Topliss-reactive ketones (excluding diaryl/α,β-unsaturated/α-hetero) is 1. The molecule has 1 aliphatic heterocycles. The fourth-order valence-corrected chi connectivity index (χ4v) is 3.28. The monoisotopic (exact) mass is 237 g/mol. The molecule has 5 heteroatoms. The van der Waals surface area contributed by atoms with Crippen LogP contribution in [0.15, 0.2) is 41.8 Å². The van der Waals surface area contributed by atoms with Gasteiger partial charge >= 0.3 is 0 Å². The molecule has 0 N–H and O–H groups in total. The highest BCUT2D eigenvalue weighted by atomic mass is 32.2. The first kappa shape index (κ1) is 11.0. The van der Waals surface area contributed by atoms with Gasteiger partial charge in [-0.15, -0.1) is 6.58 Å². The Hall–Kier alpha value is -1.46. The predicted molar refractivity (Wildman–Crippen MR) is 59.7 cm³/mol. The van der Waals surface area contributed by atoms with E-state index in [1.54, 1.807) is 18.2 Å². The predicted octanol–water partition coefficient (Wildman–Crippen LogP) is 1.06. The van der Waals surface area contributed by atoms with E-state index in [2.05, 4.69) is 6.58 Å². The zero-order valence-corrected chi connectivity index (χ0v) is 9.40. The Bertz CT molecular complexity index is 548.